The number of halogens is 1. The number of anilines is 1. The second-order valence-corrected chi connectivity index (χ2v) is 5.81. The van der Waals surface area contributed by atoms with Gasteiger partial charge in [-0.1, -0.05) is 0 Å². The average molecular weight is 358 g/mol. The highest BCUT2D eigenvalue weighted by molar-refractivity contribution is 9.10. The van der Waals surface area contributed by atoms with Crippen LogP contribution in [0.1, 0.15) is 4.88 Å². The molecule has 6 heteroatoms. The fraction of sp³-hybridized carbons (Fsp3) is 0.286. The molecule has 0 saturated carbocycles. The van der Waals surface area contributed by atoms with Crippen molar-refractivity contribution in [3.8, 4) is 17.2 Å². The molecule has 0 amide bonds. The zero-order chi connectivity index (χ0) is 14.5. The molecule has 1 aromatic carbocycles. The van der Waals surface area contributed by atoms with Crippen LogP contribution in [0.5, 0.6) is 17.2 Å². The molecular formula is C14H16BrNO3S. The number of hydrogen-bond acceptors (Lipinski definition) is 5. The summed E-state index contributed by atoms with van der Waals surface area (Å²) in [5.41, 5.74) is 0.916. The number of rotatable bonds is 6. The lowest BCUT2D eigenvalue weighted by atomic mass is 10.2. The van der Waals surface area contributed by atoms with Crippen LogP contribution in [-0.2, 0) is 6.54 Å². The Bertz CT molecular complexity index is 561. The molecule has 0 radical (unpaired) electrons. The first-order chi connectivity index (χ1) is 9.69. The van der Waals surface area contributed by atoms with E-state index in [-0.39, 0.29) is 0 Å². The van der Waals surface area contributed by atoms with Crippen molar-refractivity contribution in [2.45, 2.75) is 6.54 Å². The number of methoxy groups -OCH3 is 3. The molecule has 1 aromatic heterocycles. The molecule has 1 N–H and O–H groups in total. The first-order valence-corrected chi connectivity index (χ1v) is 7.62. The van der Waals surface area contributed by atoms with E-state index in [9.17, 15) is 0 Å². The van der Waals surface area contributed by atoms with Gasteiger partial charge in [-0.3, -0.25) is 0 Å². The second kappa shape index (κ2) is 6.85. The van der Waals surface area contributed by atoms with Crippen molar-refractivity contribution in [3.05, 3.63) is 32.9 Å². The molecule has 0 spiro atoms. The maximum atomic E-state index is 5.33. The lowest BCUT2D eigenvalue weighted by Gasteiger charge is -2.15. The van der Waals surface area contributed by atoms with E-state index < -0.39 is 0 Å². The Hall–Kier alpha value is -1.40. The topological polar surface area (TPSA) is 39.7 Å². The summed E-state index contributed by atoms with van der Waals surface area (Å²) >= 11 is 5.22. The van der Waals surface area contributed by atoms with Gasteiger partial charge in [0.2, 0.25) is 5.75 Å². The fourth-order valence-corrected chi connectivity index (χ4v) is 3.25. The van der Waals surface area contributed by atoms with E-state index in [1.54, 1.807) is 32.7 Å². The van der Waals surface area contributed by atoms with Gasteiger partial charge in [0, 0.05) is 27.2 Å². The minimum absolute atomic E-state index is 0.595. The van der Waals surface area contributed by atoms with Gasteiger partial charge in [0.1, 0.15) is 0 Å². The zero-order valence-corrected chi connectivity index (χ0v) is 13.9. The molecule has 0 aliphatic rings. The standard InChI is InChI=1S/C14H16BrNO3S/c1-17-11-6-9(7-12(18-2)14(11)19-3)16-8-13-10(15)4-5-20-13/h4-7,16H,8H2,1-3H3. The van der Waals surface area contributed by atoms with Gasteiger partial charge in [0.25, 0.3) is 0 Å². The van der Waals surface area contributed by atoms with E-state index in [2.05, 4.69) is 26.6 Å². The Morgan fingerprint density at radius 2 is 1.75 bits per heavy atom. The van der Waals surface area contributed by atoms with Crippen molar-refractivity contribution >= 4 is 33.0 Å². The van der Waals surface area contributed by atoms with Gasteiger partial charge in [-0.05, 0) is 27.4 Å². The van der Waals surface area contributed by atoms with Crippen LogP contribution in [0.4, 0.5) is 5.69 Å². The highest BCUT2D eigenvalue weighted by Gasteiger charge is 2.13. The highest BCUT2D eigenvalue weighted by Crippen LogP contribution is 2.40. The number of hydrogen-bond donors (Lipinski definition) is 1. The maximum Gasteiger partial charge on any atom is 0.203 e. The van der Waals surface area contributed by atoms with E-state index in [1.807, 2.05) is 18.2 Å². The molecule has 0 fully saturated rings. The fourth-order valence-electron chi connectivity index (χ4n) is 1.82. The van der Waals surface area contributed by atoms with Gasteiger partial charge in [-0.2, -0.15) is 0 Å². The van der Waals surface area contributed by atoms with Crippen LogP contribution >= 0.6 is 27.3 Å². The Kier molecular flexibility index (Phi) is 5.14. The Morgan fingerprint density at radius 1 is 1.10 bits per heavy atom. The summed E-state index contributed by atoms with van der Waals surface area (Å²) in [7, 11) is 4.81. The molecule has 1 heterocycles. The molecule has 0 aliphatic heterocycles. The summed E-state index contributed by atoms with van der Waals surface area (Å²) < 4.78 is 17.1. The van der Waals surface area contributed by atoms with E-state index in [0.717, 1.165) is 16.7 Å². The molecule has 0 atom stereocenters. The minimum Gasteiger partial charge on any atom is -0.493 e. The molecule has 2 rings (SSSR count). The van der Waals surface area contributed by atoms with Gasteiger partial charge >= 0.3 is 0 Å². The van der Waals surface area contributed by atoms with Crippen molar-refractivity contribution in [1.82, 2.24) is 0 Å². The smallest absolute Gasteiger partial charge is 0.203 e. The molecular weight excluding hydrogens is 342 g/mol. The summed E-state index contributed by atoms with van der Waals surface area (Å²) in [6.07, 6.45) is 0. The summed E-state index contributed by atoms with van der Waals surface area (Å²) in [6.45, 7) is 0.733. The van der Waals surface area contributed by atoms with Crippen LogP contribution in [0.15, 0.2) is 28.1 Å². The SMILES string of the molecule is COc1cc(NCc2sccc2Br)cc(OC)c1OC. The third kappa shape index (κ3) is 3.19. The third-order valence-electron chi connectivity index (χ3n) is 2.81. The normalized spacial score (nSPS) is 10.2. The van der Waals surface area contributed by atoms with Gasteiger partial charge in [-0.15, -0.1) is 11.3 Å². The average Bonchev–Trinajstić information content (AvgIpc) is 2.89. The van der Waals surface area contributed by atoms with E-state index in [4.69, 9.17) is 14.2 Å². The van der Waals surface area contributed by atoms with Gasteiger partial charge in [0.15, 0.2) is 11.5 Å². The van der Waals surface area contributed by atoms with Crippen LogP contribution in [0, 0.1) is 0 Å². The lowest BCUT2D eigenvalue weighted by Crippen LogP contribution is -2.01. The number of thiophene rings is 1. The van der Waals surface area contributed by atoms with Crippen LogP contribution in [0.25, 0.3) is 0 Å². The molecule has 108 valence electrons. The molecule has 0 bridgehead atoms. The minimum atomic E-state index is 0.595. The molecule has 20 heavy (non-hydrogen) atoms. The van der Waals surface area contributed by atoms with Crippen LogP contribution < -0.4 is 19.5 Å². The maximum absolute atomic E-state index is 5.33. The van der Waals surface area contributed by atoms with Crippen molar-refractivity contribution in [3.63, 3.8) is 0 Å². The van der Waals surface area contributed by atoms with E-state index in [1.165, 1.54) is 4.88 Å². The zero-order valence-electron chi connectivity index (χ0n) is 11.5. The molecule has 0 saturated heterocycles. The predicted octanol–water partition coefficient (Wildman–Crippen LogP) is 4.15. The third-order valence-corrected chi connectivity index (χ3v) is 4.74. The van der Waals surface area contributed by atoms with Gasteiger partial charge in [-0.25, -0.2) is 0 Å². The number of benzene rings is 1. The molecule has 0 aliphatic carbocycles. The van der Waals surface area contributed by atoms with E-state index >= 15 is 0 Å². The first kappa shape index (κ1) is 15.0. The quantitative estimate of drug-likeness (QED) is 0.842. The van der Waals surface area contributed by atoms with Crippen LogP contribution in [-0.4, -0.2) is 21.3 Å². The largest absolute Gasteiger partial charge is 0.493 e. The predicted molar refractivity (Wildman–Crippen MR) is 85.4 cm³/mol. The number of ether oxygens (including phenoxy) is 3. The molecule has 4 nitrogen and oxygen atoms in total. The summed E-state index contributed by atoms with van der Waals surface area (Å²) in [5.74, 6) is 1.87. The Labute approximate surface area is 130 Å². The lowest BCUT2D eigenvalue weighted by molar-refractivity contribution is 0.324. The highest BCUT2D eigenvalue weighted by atomic mass is 79.9. The van der Waals surface area contributed by atoms with Crippen LogP contribution in [0.2, 0.25) is 0 Å². The molecule has 2 aromatic rings. The van der Waals surface area contributed by atoms with Gasteiger partial charge < -0.3 is 19.5 Å². The monoisotopic (exact) mass is 357 g/mol. The summed E-state index contributed by atoms with van der Waals surface area (Å²) in [6, 6.07) is 5.82. The molecule has 0 unspecified atom stereocenters. The Morgan fingerprint density at radius 3 is 2.20 bits per heavy atom. The summed E-state index contributed by atoms with van der Waals surface area (Å²) in [4.78, 5) is 1.23. The van der Waals surface area contributed by atoms with Crippen molar-refractivity contribution in [1.29, 1.82) is 0 Å². The van der Waals surface area contributed by atoms with Gasteiger partial charge in [0.05, 0.1) is 27.9 Å². The van der Waals surface area contributed by atoms with Crippen molar-refractivity contribution in [2.24, 2.45) is 0 Å². The van der Waals surface area contributed by atoms with Crippen LogP contribution in [0.3, 0.4) is 0 Å². The van der Waals surface area contributed by atoms with Crippen molar-refractivity contribution < 1.29 is 14.2 Å². The second-order valence-electron chi connectivity index (χ2n) is 3.96. The first-order valence-electron chi connectivity index (χ1n) is 5.95. The number of nitrogens with one attached hydrogen (secondary N) is 1. The summed E-state index contributed by atoms with van der Waals surface area (Å²) in [5, 5.41) is 5.41. The Balaban J connectivity index is 2.21. The van der Waals surface area contributed by atoms with Crippen molar-refractivity contribution in [2.75, 3.05) is 26.6 Å². The van der Waals surface area contributed by atoms with E-state index in [0.29, 0.717) is 17.2 Å².